The Balaban J connectivity index is 2.08. The summed E-state index contributed by atoms with van der Waals surface area (Å²) in [5.74, 6) is 0.506. The zero-order valence-corrected chi connectivity index (χ0v) is 10.7. The van der Waals surface area contributed by atoms with Gasteiger partial charge in [0.25, 0.3) is 0 Å². The van der Waals surface area contributed by atoms with Crippen molar-refractivity contribution in [1.29, 1.82) is 0 Å². The first kappa shape index (κ1) is 11.0. The quantitative estimate of drug-likeness (QED) is 0.639. The van der Waals surface area contributed by atoms with E-state index in [-0.39, 0.29) is 6.10 Å². The maximum absolute atomic E-state index is 9.62. The predicted molar refractivity (Wildman–Crippen MR) is 79.4 cm³/mol. The van der Waals surface area contributed by atoms with Crippen molar-refractivity contribution in [3.05, 3.63) is 60.2 Å². The lowest BCUT2D eigenvalue weighted by Gasteiger charge is -2.33. The van der Waals surface area contributed by atoms with Crippen molar-refractivity contribution in [3.63, 3.8) is 0 Å². The fourth-order valence-electron chi connectivity index (χ4n) is 3.31. The summed E-state index contributed by atoms with van der Waals surface area (Å²) in [5.41, 5.74) is 1.43. The van der Waals surface area contributed by atoms with E-state index in [9.17, 15) is 5.11 Å². The highest BCUT2D eigenvalue weighted by Gasteiger charge is 2.30. The third-order valence-corrected chi connectivity index (χ3v) is 4.33. The van der Waals surface area contributed by atoms with Crippen LogP contribution >= 0.6 is 0 Å². The third kappa shape index (κ3) is 1.66. The summed E-state index contributed by atoms with van der Waals surface area (Å²) in [5, 5.41) is 14.9. The predicted octanol–water partition coefficient (Wildman–Crippen LogP) is 4.23. The minimum absolute atomic E-state index is 0.109. The Morgan fingerprint density at radius 2 is 1.32 bits per heavy atom. The molecule has 1 saturated carbocycles. The second-order valence-electron chi connectivity index (χ2n) is 5.55. The molecule has 0 bridgehead atoms. The Labute approximate surface area is 112 Å². The fraction of sp³-hybridized carbons (Fsp3) is 0.222. The first-order chi connectivity index (χ1) is 9.33. The van der Waals surface area contributed by atoms with Gasteiger partial charge in [-0.05, 0) is 51.9 Å². The van der Waals surface area contributed by atoms with Crippen LogP contribution in [0.2, 0.25) is 0 Å². The van der Waals surface area contributed by atoms with E-state index >= 15 is 0 Å². The van der Waals surface area contributed by atoms with Crippen LogP contribution in [-0.2, 0) is 0 Å². The summed E-state index contributed by atoms with van der Waals surface area (Å²) >= 11 is 0. The lowest BCUT2D eigenvalue weighted by molar-refractivity contribution is 0.0756. The smallest absolute Gasteiger partial charge is 0.0552 e. The van der Waals surface area contributed by atoms with Crippen LogP contribution in [-0.4, -0.2) is 11.2 Å². The van der Waals surface area contributed by atoms with Gasteiger partial charge in [-0.25, -0.2) is 0 Å². The Kier molecular flexibility index (Phi) is 2.36. The van der Waals surface area contributed by atoms with Gasteiger partial charge in [0.1, 0.15) is 0 Å². The number of hydrogen-bond acceptors (Lipinski definition) is 1. The second-order valence-corrected chi connectivity index (χ2v) is 5.55. The van der Waals surface area contributed by atoms with Crippen LogP contribution < -0.4 is 0 Å². The largest absolute Gasteiger partial charge is 0.393 e. The lowest BCUT2D eigenvalue weighted by atomic mass is 9.74. The molecule has 0 heterocycles. The van der Waals surface area contributed by atoms with Gasteiger partial charge in [0.2, 0.25) is 0 Å². The molecular formula is C18H16O. The van der Waals surface area contributed by atoms with E-state index in [1.807, 2.05) is 0 Å². The number of benzene rings is 3. The molecule has 19 heavy (non-hydrogen) atoms. The number of rotatable bonds is 1. The van der Waals surface area contributed by atoms with Gasteiger partial charge in [-0.2, -0.15) is 0 Å². The fourth-order valence-corrected chi connectivity index (χ4v) is 3.31. The number of hydrogen-bond donors (Lipinski definition) is 1. The van der Waals surface area contributed by atoms with E-state index in [0.717, 1.165) is 12.8 Å². The van der Waals surface area contributed by atoms with Crippen molar-refractivity contribution >= 4 is 21.5 Å². The topological polar surface area (TPSA) is 20.2 Å². The summed E-state index contributed by atoms with van der Waals surface area (Å²) in [6, 6.07) is 19.5. The third-order valence-electron chi connectivity index (χ3n) is 4.33. The van der Waals surface area contributed by atoms with Gasteiger partial charge < -0.3 is 5.11 Å². The maximum Gasteiger partial charge on any atom is 0.0552 e. The highest BCUT2D eigenvalue weighted by molar-refractivity contribution is 6.02. The first-order valence-electron chi connectivity index (χ1n) is 6.91. The van der Waals surface area contributed by atoms with E-state index in [1.54, 1.807) is 0 Å². The van der Waals surface area contributed by atoms with Crippen LogP contribution in [0.15, 0.2) is 54.6 Å². The summed E-state index contributed by atoms with van der Waals surface area (Å²) in [6.45, 7) is 0. The highest BCUT2D eigenvalue weighted by Crippen LogP contribution is 2.43. The molecule has 0 spiro atoms. The summed E-state index contributed by atoms with van der Waals surface area (Å²) in [7, 11) is 0. The zero-order chi connectivity index (χ0) is 12.8. The van der Waals surface area contributed by atoms with Gasteiger partial charge >= 0.3 is 0 Å². The van der Waals surface area contributed by atoms with Crippen molar-refractivity contribution in [1.82, 2.24) is 0 Å². The zero-order valence-electron chi connectivity index (χ0n) is 10.7. The van der Waals surface area contributed by atoms with Crippen molar-refractivity contribution in [2.75, 3.05) is 0 Å². The van der Waals surface area contributed by atoms with Crippen LogP contribution in [0, 0.1) is 0 Å². The Bertz CT molecular complexity index is 700. The first-order valence-corrected chi connectivity index (χ1v) is 6.91. The molecule has 0 atom stereocenters. The van der Waals surface area contributed by atoms with E-state index in [0.29, 0.717) is 5.92 Å². The summed E-state index contributed by atoms with van der Waals surface area (Å²) in [4.78, 5) is 0. The standard InChI is InChI=1S/C18H16O/c19-15-10-14(11-15)18-16-7-3-1-5-12(16)9-13-6-2-4-8-17(13)18/h1-9,14-15,19H,10-11H2. The molecule has 1 nitrogen and oxygen atoms in total. The minimum Gasteiger partial charge on any atom is -0.393 e. The Hall–Kier alpha value is -1.86. The summed E-state index contributed by atoms with van der Waals surface area (Å²) < 4.78 is 0. The van der Waals surface area contributed by atoms with E-state index in [1.165, 1.54) is 27.1 Å². The van der Waals surface area contributed by atoms with Gasteiger partial charge in [0.15, 0.2) is 0 Å². The molecule has 1 aliphatic rings. The Morgan fingerprint density at radius 1 is 0.789 bits per heavy atom. The number of aliphatic hydroxyl groups is 1. The number of aliphatic hydroxyl groups excluding tert-OH is 1. The van der Waals surface area contributed by atoms with Crippen molar-refractivity contribution in [2.24, 2.45) is 0 Å². The molecule has 0 unspecified atom stereocenters. The van der Waals surface area contributed by atoms with E-state index in [4.69, 9.17) is 0 Å². The average Bonchev–Trinajstić information content (AvgIpc) is 2.42. The van der Waals surface area contributed by atoms with Gasteiger partial charge in [0, 0.05) is 0 Å². The molecule has 1 heteroatoms. The lowest BCUT2D eigenvalue weighted by Crippen LogP contribution is -2.26. The van der Waals surface area contributed by atoms with Gasteiger partial charge in [0.05, 0.1) is 6.10 Å². The monoisotopic (exact) mass is 248 g/mol. The summed E-state index contributed by atoms with van der Waals surface area (Å²) in [6.07, 6.45) is 1.69. The van der Waals surface area contributed by atoms with Gasteiger partial charge in [-0.15, -0.1) is 0 Å². The van der Waals surface area contributed by atoms with Crippen LogP contribution in [0.25, 0.3) is 21.5 Å². The molecule has 0 aromatic heterocycles. The molecule has 1 fully saturated rings. The van der Waals surface area contributed by atoms with Crippen LogP contribution in [0.5, 0.6) is 0 Å². The Morgan fingerprint density at radius 3 is 1.84 bits per heavy atom. The second kappa shape index (κ2) is 4.07. The molecule has 1 N–H and O–H groups in total. The van der Waals surface area contributed by atoms with E-state index in [2.05, 4.69) is 54.6 Å². The molecule has 0 saturated heterocycles. The molecule has 94 valence electrons. The van der Waals surface area contributed by atoms with Crippen LogP contribution in [0.4, 0.5) is 0 Å². The maximum atomic E-state index is 9.62. The van der Waals surface area contributed by atoms with Crippen LogP contribution in [0.1, 0.15) is 24.3 Å². The molecule has 1 aliphatic carbocycles. The van der Waals surface area contributed by atoms with Crippen molar-refractivity contribution in [3.8, 4) is 0 Å². The molecular weight excluding hydrogens is 232 g/mol. The number of fused-ring (bicyclic) bond motifs is 2. The molecule has 4 rings (SSSR count). The molecule has 3 aromatic rings. The highest BCUT2D eigenvalue weighted by atomic mass is 16.3. The minimum atomic E-state index is -0.109. The van der Waals surface area contributed by atoms with Crippen molar-refractivity contribution in [2.45, 2.75) is 24.9 Å². The molecule has 0 amide bonds. The molecule has 3 aromatic carbocycles. The van der Waals surface area contributed by atoms with Crippen LogP contribution in [0.3, 0.4) is 0 Å². The van der Waals surface area contributed by atoms with Gasteiger partial charge in [-0.3, -0.25) is 0 Å². The average molecular weight is 248 g/mol. The van der Waals surface area contributed by atoms with Gasteiger partial charge in [-0.1, -0.05) is 48.5 Å². The van der Waals surface area contributed by atoms with Crippen molar-refractivity contribution < 1.29 is 5.11 Å². The normalized spacial score (nSPS) is 22.6. The SMILES string of the molecule is OC1CC(c2c3ccccc3cc3ccccc23)C1. The molecule has 0 aliphatic heterocycles. The van der Waals surface area contributed by atoms with E-state index < -0.39 is 0 Å². The molecule has 0 radical (unpaired) electrons.